The van der Waals surface area contributed by atoms with Crippen LogP contribution in [0.2, 0.25) is 0 Å². The number of aromatic nitrogens is 2. The van der Waals surface area contributed by atoms with Crippen LogP contribution in [0.4, 0.5) is 4.79 Å². The molecular weight excluding hydrogens is 334 g/mol. The van der Waals surface area contributed by atoms with Crippen molar-refractivity contribution < 1.29 is 19.1 Å². The smallest absolute Gasteiger partial charge is 0.408 e. The van der Waals surface area contributed by atoms with Gasteiger partial charge in [0, 0.05) is 25.2 Å². The van der Waals surface area contributed by atoms with Gasteiger partial charge in [0.25, 0.3) is 0 Å². The Morgan fingerprint density at radius 1 is 1.12 bits per heavy atom. The molecule has 0 fully saturated rings. The normalized spacial score (nSPS) is 15.4. The maximum absolute atomic E-state index is 12.7. The first kappa shape index (κ1) is 18.1. The third-order valence-corrected chi connectivity index (χ3v) is 4.18. The first-order chi connectivity index (χ1) is 12.2. The fourth-order valence-electron chi connectivity index (χ4n) is 3.19. The fourth-order valence-corrected chi connectivity index (χ4v) is 3.19. The van der Waals surface area contributed by atoms with E-state index in [1.165, 1.54) is 0 Å². The molecule has 1 N–H and O–H groups in total. The number of ether oxygens (including phenoxy) is 2. The molecule has 0 unspecified atom stereocenters. The number of fused-ring (bicyclic) bond motifs is 2. The number of esters is 1. The largest absolute Gasteiger partial charge is 0.464 e. The quantitative estimate of drug-likeness (QED) is 0.849. The van der Waals surface area contributed by atoms with Gasteiger partial charge in [-0.15, -0.1) is 0 Å². The van der Waals surface area contributed by atoms with Crippen molar-refractivity contribution in [2.75, 3.05) is 6.61 Å². The van der Waals surface area contributed by atoms with Crippen molar-refractivity contribution in [2.45, 2.75) is 51.7 Å². The van der Waals surface area contributed by atoms with E-state index >= 15 is 0 Å². The van der Waals surface area contributed by atoms with Crippen molar-refractivity contribution in [3.05, 3.63) is 35.7 Å². The highest BCUT2D eigenvalue weighted by molar-refractivity contribution is 5.89. The second-order valence-corrected chi connectivity index (χ2v) is 7.45. The Hall–Kier alpha value is -2.70. The molecule has 1 aliphatic rings. The van der Waals surface area contributed by atoms with Gasteiger partial charge in [-0.3, -0.25) is 9.97 Å². The zero-order valence-electron chi connectivity index (χ0n) is 15.5. The number of alkyl carbamates (subject to hydrolysis) is 1. The van der Waals surface area contributed by atoms with E-state index in [0.717, 1.165) is 22.2 Å². The molecule has 0 atom stereocenters. The monoisotopic (exact) mass is 357 g/mol. The number of amides is 1. The predicted molar refractivity (Wildman–Crippen MR) is 95.7 cm³/mol. The minimum Gasteiger partial charge on any atom is -0.464 e. The van der Waals surface area contributed by atoms with E-state index in [0.29, 0.717) is 12.8 Å². The van der Waals surface area contributed by atoms with E-state index in [4.69, 9.17) is 9.47 Å². The van der Waals surface area contributed by atoms with Gasteiger partial charge in [0.15, 0.2) is 0 Å². The van der Waals surface area contributed by atoms with Gasteiger partial charge < -0.3 is 14.8 Å². The molecule has 0 saturated carbocycles. The van der Waals surface area contributed by atoms with E-state index in [1.54, 1.807) is 40.1 Å². The van der Waals surface area contributed by atoms with E-state index in [2.05, 4.69) is 15.3 Å². The van der Waals surface area contributed by atoms with E-state index in [1.807, 2.05) is 12.1 Å². The molecule has 0 bridgehead atoms. The van der Waals surface area contributed by atoms with E-state index in [-0.39, 0.29) is 6.61 Å². The topological polar surface area (TPSA) is 90.4 Å². The Balaban J connectivity index is 1.93. The molecule has 0 spiro atoms. The number of rotatable bonds is 3. The zero-order valence-corrected chi connectivity index (χ0v) is 15.5. The Labute approximate surface area is 152 Å². The first-order valence-electron chi connectivity index (χ1n) is 8.63. The molecular formula is C19H23N3O4. The lowest BCUT2D eigenvalue weighted by atomic mass is 9.96. The summed E-state index contributed by atoms with van der Waals surface area (Å²) in [6, 6.07) is 3.82. The summed E-state index contributed by atoms with van der Waals surface area (Å²) in [6.07, 6.45) is 3.27. The van der Waals surface area contributed by atoms with Gasteiger partial charge in [0.1, 0.15) is 11.1 Å². The van der Waals surface area contributed by atoms with E-state index < -0.39 is 23.2 Å². The van der Waals surface area contributed by atoms with Crippen molar-refractivity contribution in [1.29, 1.82) is 0 Å². The predicted octanol–water partition coefficient (Wildman–Crippen LogP) is 2.56. The maximum atomic E-state index is 12.7. The SMILES string of the molecule is CCOC(=O)C1(NC(=O)OC(C)(C)C)Cc2cc3nccnc3cc2C1. The molecule has 1 aliphatic carbocycles. The van der Waals surface area contributed by atoms with Crippen LogP contribution in [0.5, 0.6) is 0 Å². The Kier molecular flexibility index (Phi) is 4.56. The molecule has 138 valence electrons. The number of hydrogen-bond donors (Lipinski definition) is 1. The lowest BCUT2D eigenvalue weighted by Crippen LogP contribution is -2.57. The molecule has 7 nitrogen and oxygen atoms in total. The summed E-state index contributed by atoms with van der Waals surface area (Å²) >= 11 is 0. The molecule has 1 aromatic heterocycles. The van der Waals surface area contributed by atoms with Crippen LogP contribution in [0.15, 0.2) is 24.5 Å². The van der Waals surface area contributed by atoms with Crippen LogP contribution in [-0.2, 0) is 27.1 Å². The molecule has 1 aromatic carbocycles. The summed E-state index contributed by atoms with van der Waals surface area (Å²) in [4.78, 5) is 33.7. The summed E-state index contributed by atoms with van der Waals surface area (Å²) < 4.78 is 10.6. The van der Waals surface area contributed by atoms with Gasteiger partial charge in [0.05, 0.1) is 17.6 Å². The van der Waals surface area contributed by atoms with Crippen LogP contribution < -0.4 is 5.32 Å². The lowest BCUT2D eigenvalue weighted by Gasteiger charge is -2.29. The lowest BCUT2D eigenvalue weighted by molar-refractivity contribution is -0.150. The molecule has 7 heteroatoms. The van der Waals surface area contributed by atoms with Crippen LogP contribution >= 0.6 is 0 Å². The van der Waals surface area contributed by atoms with Gasteiger partial charge in [-0.05, 0) is 51.0 Å². The number of carbonyl (C=O) groups excluding carboxylic acids is 2. The van der Waals surface area contributed by atoms with Crippen LogP contribution in [0.1, 0.15) is 38.8 Å². The highest BCUT2D eigenvalue weighted by Gasteiger charge is 2.47. The Bertz CT molecular complexity index is 813. The molecule has 0 saturated heterocycles. The minimum atomic E-state index is -1.18. The number of benzene rings is 1. The molecule has 1 heterocycles. The summed E-state index contributed by atoms with van der Waals surface area (Å²) in [5.74, 6) is -0.466. The zero-order chi connectivity index (χ0) is 18.9. The average Bonchev–Trinajstić information content (AvgIpc) is 2.88. The van der Waals surface area contributed by atoms with Gasteiger partial charge in [-0.2, -0.15) is 0 Å². The second kappa shape index (κ2) is 6.55. The fraction of sp³-hybridized carbons (Fsp3) is 0.474. The van der Waals surface area contributed by atoms with Crippen LogP contribution in [0.25, 0.3) is 11.0 Å². The van der Waals surface area contributed by atoms with Crippen LogP contribution in [0.3, 0.4) is 0 Å². The molecule has 0 aliphatic heterocycles. The molecule has 2 aromatic rings. The Morgan fingerprint density at radius 3 is 2.12 bits per heavy atom. The molecule has 0 radical (unpaired) electrons. The molecule has 26 heavy (non-hydrogen) atoms. The van der Waals surface area contributed by atoms with Crippen molar-refractivity contribution in [1.82, 2.24) is 15.3 Å². The number of hydrogen-bond acceptors (Lipinski definition) is 6. The van der Waals surface area contributed by atoms with Gasteiger partial charge in [-0.1, -0.05) is 0 Å². The third kappa shape index (κ3) is 3.61. The van der Waals surface area contributed by atoms with Crippen molar-refractivity contribution in [3.63, 3.8) is 0 Å². The minimum absolute atomic E-state index is 0.234. The molecule has 3 rings (SSSR count). The van der Waals surface area contributed by atoms with Crippen molar-refractivity contribution in [2.24, 2.45) is 0 Å². The number of nitrogens with zero attached hydrogens (tertiary/aromatic N) is 2. The standard InChI is InChI=1S/C19H23N3O4/c1-5-25-16(23)19(22-17(24)26-18(2,3)4)10-12-8-14-15(9-13(12)11-19)21-7-6-20-14/h6-9H,5,10-11H2,1-4H3,(H,22,24). The van der Waals surface area contributed by atoms with Crippen LogP contribution in [0, 0.1) is 0 Å². The summed E-state index contributed by atoms with van der Waals surface area (Å²) in [5, 5.41) is 2.76. The second-order valence-electron chi connectivity index (χ2n) is 7.45. The van der Waals surface area contributed by atoms with Crippen molar-refractivity contribution >= 4 is 23.1 Å². The molecule has 1 amide bonds. The third-order valence-electron chi connectivity index (χ3n) is 4.18. The number of nitrogens with one attached hydrogen (secondary N) is 1. The van der Waals surface area contributed by atoms with Crippen molar-refractivity contribution in [3.8, 4) is 0 Å². The summed E-state index contributed by atoms with van der Waals surface area (Å²) in [7, 11) is 0. The summed E-state index contributed by atoms with van der Waals surface area (Å²) in [5.41, 5.74) is 1.56. The Morgan fingerprint density at radius 2 is 1.65 bits per heavy atom. The van der Waals surface area contributed by atoms with Gasteiger partial charge >= 0.3 is 12.1 Å². The maximum Gasteiger partial charge on any atom is 0.408 e. The van der Waals surface area contributed by atoms with Gasteiger partial charge in [-0.25, -0.2) is 9.59 Å². The summed E-state index contributed by atoms with van der Waals surface area (Å²) in [6.45, 7) is 7.30. The van der Waals surface area contributed by atoms with Crippen LogP contribution in [-0.4, -0.2) is 39.8 Å². The highest BCUT2D eigenvalue weighted by atomic mass is 16.6. The average molecular weight is 357 g/mol. The van der Waals surface area contributed by atoms with E-state index in [9.17, 15) is 9.59 Å². The number of carbonyl (C=O) groups is 2. The van der Waals surface area contributed by atoms with Gasteiger partial charge in [0.2, 0.25) is 0 Å². The highest BCUT2D eigenvalue weighted by Crippen LogP contribution is 2.33. The first-order valence-corrected chi connectivity index (χ1v) is 8.63.